The number of nitrogens with one attached hydrogen (secondary N) is 1. The lowest BCUT2D eigenvalue weighted by Crippen LogP contribution is -2.23. The molecule has 106 valence electrons. The van der Waals surface area contributed by atoms with E-state index in [1.54, 1.807) is 6.07 Å². The zero-order valence-corrected chi connectivity index (χ0v) is 12.6. The maximum atomic E-state index is 13.8. The molecule has 1 N–H and O–H groups in total. The predicted octanol–water partition coefficient (Wildman–Crippen LogP) is 4.85. The van der Waals surface area contributed by atoms with Crippen LogP contribution in [0.1, 0.15) is 48.2 Å². The minimum absolute atomic E-state index is 0.0221. The summed E-state index contributed by atoms with van der Waals surface area (Å²) < 4.78 is 13.8. The first-order chi connectivity index (χ1) is 9.49. The zero-order chi connectivity index (χ0) is 14.7. The van der Waals surface area contributed by atoms with Crippen LogP contribution in [-0.4, -0.2) is 0 Å². The van der Waals surface area contributed by atoms with Crippen molar-refractivity contribution in [2.45, 2.75) is 39.8 Å². The minimum Gasteiger partial charge on any atom is -0.304 e. The molecular weight excluding hydrogens is 249 g/mol. The summed E-state index contributed by atoms with van der Waals surface area (Å²) in [5, 5.41) is 3.48. The van der Waals surface area contributed by atoms with Crippen LogP contribution in [-0.2, 0) is 0 Å². The lowest BCUT2D eigenvalue weighted by molar-refractivity contribution is 0.473. The van der Waals surface area contributed by atoms with Crippen LogP contribution in [0.2, 0.25) is 0 Å². The largest absolute Gasteiger partial charge is 0.304 e. The van der Waals surface area contributed by atoms with Gasteiger partial charge in [-0.05, 0) is 44.9 Å². The van der Waals surface area contributed by atoms with Crippen LogP contribution in [0.4, 0.5) is 4.39 Å². The minimum atomic E-state index is -0.152. The molecule has 2 unspecified atom stereocenters. The van der Waals surface area contributed by atoms with E-state index in [-0.39, 0.29) is 17.9 Å². The summed E-state index contributed by atoms with van der Waals surface area (Å²) >= 11 is 0. The third kappa shape index (κ3) is 3.26. The molecule has 2 aromatic carbocycles. The standard InChI is InChI=1S/C18H22FN/c1-12-9-10-13(2)17(11-12)15(4)20-14(3)16-7-5-6-8-18(16)19/h5-11,14-15,20H,1-4H3. The molecule has 0 fully saturated rings. The molecule has 0 radical (unpaired) electrons. The van der Waals surface area contributed by atoms with Gasteiger partial charge in [-0.3, -0.25) is 0 Å². The lowest BCUT2D eigenvalue weighted by atomic mass is 9.98. The van der Waals surface area contributed by atoms with Crippen molar-refractivity contribution < 1.29 is 4.39 Å². The van der Waals surface area contributed by atoms with Crippen LogP contribution in [0.3, 0.4) is 0 Å². The van der Waals surface area contributed by atoms with Gasteiger partial charge in [-0.25, -0.2) is 4.39 Å². The summed E-state index contributed by atoms with van der Waals surface area (Å²) in [7, 11) is 0. The summed E-state index contributed by atoms with van der Waals surface area (Å²) in [6.45, 7) is 8.33. The third-order valence-corrected chi connectivity index (χ3v) is 3.77. The fraction of sp³-hybridized carbons (Fsp3) is 0.333. The van der Waals surface area contributed by atoms with E-state index < -0.39 is 0 Å². The molecule has 0 saturated carbocycles. The topological polar surface area (TPSA) is 12.0 Å². The van der Waals surface area contributed by atoms with E-state index in [9.17, 15) is 4.39 Å². The van der Waals surface area contributed by atoms with Crippen molar-refractivity contribution in [2.24, 2.45) is 0 Å². The van der Waals surface area contributed by atoms with Gasteiger partial charge in [0.15, 0.2) is 0 Å². The summed E-state index contributed by atoms with van der Waals surface area (Å²) in [6, 6.07) is 13.6. The van der Waals surface area contributed by atoms with Crippen LogP contribution in [0.15, 0.2) is 42.5 Å². The monoisotopic (exact) mass is 271 g/mol. The van der Waals surface area contributed by atoms with Crippen LogP contribution >= 0.6 is 0 Å². The van der Waals surface area contributed by atoms with Crippen LogP contribution < -0.4 is 5.32 Å². The van der Waals surface area contributed by atoms with Crippen molar-refractivity contribution in [1.82, 2.24) is 5.32 Å². The summed E-state index contributed by atoms with van der Waals surface area (Å²) in [6.07, 6.45) is 0. The van der Waals surface area contributed by atoms with E-state index in [4.69, 9.17) is 0 Å². The molecule has 2 aromatic rings. The Balaban J connectivity index is 2.17. The summed E-state index contributed by atoms with van der Waals surface area (Å²) in [4.78, 5) is 0. The molecular formula is C18H22FN. The Hall–Kier alpha value is -1.67. The fourth-order valence-corrected chi connectivity index (χ4v) is 2.61. The smallest absolute Gasteiger partial charge is 0.127 e. The van der Waals surface area contributed by atoms with Gasteiger partial charge in [0, 0.05) is 17.6 Å². The Morgan fingerprint density at radius 3 is 2.25 bits per heavy atom. The molecule has 0 aliphatic carbocycles. The highest BCUT2D eigenvalue weighted by Gasteiger charge is 2.15. The van der Waals surface area contributed by atoms with Crippen molar-refractivity contribution in [1.29, 1.82) is 0 Å². The second kappa shape index (κ2) is 6.19. The molecule has 0 aliphatic heterocycles. The van der Waals surface area contributed by atoms with Gasteiger partial charge in [0.2, 0.25) is 0 Å². The average Bonchev–Trinajstić information content (AvgIpc) is 2.41. The molecule has 1 nitrogen and oxygen atoms in total. The molecule has 2 heteroatoms. The highest BCUT2D eigenvalue weighted by Crippen LogP contribution is 2.24. The Morgan fingerprint density at radius 1 is 0.900 bits per heavy atom. The molecule has 20 heavy (non-hydrogen) atoms. The average molecular weight is 271 g/mol. The Morgan fingerprint density at radius 2 is 1.55 bits per heavy atom. The van der Waals surface area contributed by atoms with Crippen LogP contribution in [0, 0.1) is 19.7 Å². The van der Waals surface area contributed by atoms with E-state index in [1.165, 1.54) is 22.8 Å². The van der Waals surface area contributed by atoms with Gasteiger partial charge >= 0.3 is 0 Å². The molecule has 0 spiro atoms. The first-order valence-corrected chi connectivity index (χ1v) is 7.06. The van der Waals surface area contributed by atoms with Gasteiger partial charge in [-0.15, -0.1) is 0 Å². The first kappa shape index (κ1) is 14.7. The maximum Gasteiger partial charge on any atom is 0.127 e. The van der Waals surface area contributed by atoms with Crippen LogP contribution in [0.25, 0.3) is 0 Å². The Bertz CT molecular complexity index is 592. The molecule has 0 heterocycles. The highest BCUT2D eigenvalue weighted by atomic mass is 19.1. The van der Waals surface area contributed by atoms with E-state index in [2.05, 4.69) is 44.3 Å². The van der Waals surface area contributed by atoms with E-state index in [0.717, 1.165) is 0 Å². The quantitative estimate of drug-likeness (QED) is 0.837. The van der Waals surface area contributed by atoms with Crippen molar-refractivity contribution in [3.8, 4) is 0 Å². The van der Waals surface area contributed by atoms with E-state index >= 15 is 0 Å². The predicted molar refractivity (Wildman–Crippen MR) is 82.3 cm³/mol. The molecule has 0 aliphatic rings. The molecule has 0 aromatic heterocycles. The fourth-order valence-electron chi connectivity index (χ4n) is 2.61. The van der Waals surface area contributed by atoms with Gasteiger partial charge in [0.25, 0.3) is 0 Å². The number of benzene rings is 2. The summed E-state index contributed by atoms with van der Waals surface area (Å²) in [5.41, 5.74) is 4.49. The van der Waals surface area contributed by atoms with Crippen molar-refractivity contribution in [2.75, 3.05) is 0 Å². The van der Waals surface area contributed by atoms with Gasteiger partial charge in [0.1, 0.15) is 5.82 Å². The van der Waals surface area contributed by atoms with E-state index in [0.29, 0.717) is 5.56 Å². The normalized spacial score (nSPS) is 14.1. The van der Waals surface area contributed by atoms with Gasteiger partial charge in [-0.1, -0.05) is 42.0 Å². The molecule has 0 saturated heterocycles. The Kier molecular flexibility index (Phi) is 4.56. The van der Waals surface area contributed by atoms with Crippen LogP contribution in [0.5, 0.6) is 0 Å². The Labute approximate surface area is 120 Å². The number of rotatable bonds is 4. The highest BCUT2D eigenvalue weighted by molar-refractivity contribution is 5.33. The second-order valence-corrected chi connectivity index (χ2v) is 5.49. The number of hydrogen-bond donors (Lipinski definition) is 1. The van der Waals surface area contributed by atoms with Gasteiger partial charge < -0.3 is 5.32 Å². The zero-order valence-electron chi connectivity index (χ0n) is 12.6. The second-order valence-electron chi connectivity index (χ2n) is 5.49. The van der Waals surface area contributed by atoms with Crippen molar-refractivity contribution in [3.05, 3.63) is 70.5 Å². The van der Waals surface area contributed by atoms with Gasteiger partial charge in [-0.2, -0.15) is 0 Å². The SMILES string of the molecule is Cc1ccc(C)c(C(C)NC(C)c2ccccc2F)c1. The van der Waals surface area contributed by atoms with Crippen molar-refractivity contribution in [3.63, 3.8) is 0 Å². The maximum absolute atomic E-state index is 13.8. The number of halogens is 1. The molecule has 2 atom stereocenters. The molecule has 0 amide bonds. The summed E-state index contributed by atoms with van der Waals surface area (Å²) in [5.74, 6) is -0.152. The number of hydrogen-bond acceptors (Lipinski definition) is 1. The molecule has 2 rings (SSSR count). The molecule has 0 bridgehead atoms. The first-order valence-electron chi connectivity index (χ1n) is 7.06. The number of aryl methyl sites for hydroxylation is 2. The third-order valence-electron chi connectivity index (χ3n) is 3.77. The van der Waals surface area contributed by atoms with Gasteiger partial charge in [0.05, 0.1) is 0 Å². The lowest BCUT2D eigenvalue weighted by Gasteiger charge is -2.23. The van der Waals surface area contributed by atoms with Crippen molar-refractivity contribution >= 4 is 0 Å². The van der Waals surface area contributed by atoms with E-state index in [1.807, 2.05) is 19.1 Å².